The van der Waals surface area contributed by atoms with Crippen LogP contribution in [0.3, 0.4) is 0 Å². The molecule has 2 rings (SSSR count). The molecule has 1 saturated carbocycles. The first-order chi connectivity index (χ1) is 30.3. The normalized spacial score (nSPS) is 11.8. The Morgan fingerprint density at radius 3 is 1.16 bits per heavy atom. The zero-order valence-electron chi connectivity index (χ0n) is 47.2. The summed E-state index contributed by atoms with van der Waals surface area (Å²) in [7, 11) is 0. The number of hydrogen-bond acceptors (Lipinski definition) is 2. The molecule has 0 spiro atoms. The van der Waals surface area contributed by atoms with Crippen molar-refractivity contribution in [1.82, 2.24) is 0 Å². The molecule has 0 bridgehead atoms. The molecule has 0 atom stereocenters. The highest BCUT2D eigenvalue weighted by Crippen LogP contribution is 2.22. The largest absolute Gasteiger partial charge is 0.481 e. The van der Waals surface area contributed by atoms with Crippen LogP contribution in [-0.4, -0.2) is 22.2 Å². The molecule has 64 heavy (non-hydrogen) atoms. The zero-order valence-corrected chi connectivity index (χ0v) is 47.2. The quantitative estimate of drug-likeness (QED) is 0.101. The van der Waals surface area contributed by atoms with Gasteiger partial charge in [-0.2, -0.15) is 0 Å². The molecular weight excluding hydrogens is 785 g/mol. The Morgan fingerprint density at radius 2 is 0.906 bits per heavy atom. The number of benzene rings is 1. The Hall–Kier alpha value is -1.84. The molecular formula is C60H122O4. The summed E-state index contributed by atoms with van der Waals surface area (Å²) in [6.45, 7) is 40.3. The molecule has 1 fully saturated rings. The van der Waals surface area contributed by atoms with Gasteiger partial charge in [0.05, 0.1) is 0 Å². The fourth-order valence-corrected chi connectivity index (χ4v) is 7.12. The maximum absolute atomic E-state index is 10.1. The summed E-state index contributed by atoms with van der Waals surface area (Å²) < 4.78 is 0. The van der Waals surface area contributed by atoms with E-state index in [1.165, 1.54) is 147 Å². The molecule has 0 unspecified atom stereocenters. The summed E-state index contributed by atoms with van der Waals surface area (Å²) in [5, 5.41) is 16.6. The minimum atomic E-state index is -0.822. The van der Waals surface area contributed by atoms with Gasteiger partial charge in [-0.05, 0) is 79.1 Å². The monoisotopic (exact) mass is 907 g/mol. The third kappa shape index (κ3) is 77.4. The zero-order chi connectivity index (χ0) is 50.4. The highest BCUT2D eigenvalue weighted by Gasteiger charge is 2.08. The van der Waals surface area contributed by atoms with Gasteiger partial charge >= 0.3 is 11.9 Å². The van der Waals surface area contributed by atoms with Gasteiger partial charge in [0.2, 0.25) is 0 Å². The minimum Gasteiger partial charge on any atom is -0.481 e. The van der Waals surface area contributed by atoms with Crippen molar-refractivity contribution in [3.8, 4) is 0 Å². The van der Waals surface area contributed by atoms with Gasteiger partial charge in [-0.15, -0.1) is 0 Å². The summed E-state index contributed by atoms with van der Waals surface area (Å²) in [5.41, 5.74) is 1.41. The van der Waals surface area contributed by atoms with Gasteiger partial charge < -0.3 is 10.2 Å². The smallest absolute Gasteiger partial charge is 0.303 e. The summed E-state index contributed by atoms with van der Waals surface area (Å²) in [5.74, 6) is 4.16. The molecule has 0 amide bonds. The van der Waals surface area contributed by atoms with Crippen LogP contribution in [0.4, 0.5) is 0 Å². The lowest BCUT2D eigenvalue weighted by Crippen LogP contribution is -2.04. The Labute approximate surface area is 405 Å². The Kier molecular flexibility index (Phi) is 70.4. The van der Waals surface area contributed by atoms with Crippen molar-refractivity contribution >= 4 is 11.9 Å². The van der Waals surface area contributed by atoms with Crippen LogP contribution in [0.2, 0.25) is 0 Å². The van der Waals surface area contributed by atoms with E-state index in [-0.39, 0.29) is 18.8 Å². The number of carbonyl (C=O) groups is 2. The van der Waals surface area contributed by atoms with E-state index >= 15 is 0 Å². The van der Waals surface area contributed by atoms with Gasteiger partial charge in [0.15, 0.2) is 0 Å². The summed E-state index contributed by atoms with van der Waals surface area (Å²) in [6.07, 6.45) is 33.6. The van der Waals surface area contributed by atoms with Crippen molar-refractivity contribution in [1.29, 1.82) is 0 Å². The van der Waals surface area contributed by atoms with Crippen LogP contribution in [0.5, 0.6) is 0 Å². The number of unbranched alkanes of at least 4 members (excludes halogenated alkanes) is 7. The van der Waals surface area contributed by atoms with Gasteiger partial charge in [0.1, 0.15) is 0 Å². The van der Waals surface area contributed by atoms with Crippen molar-refractivity contribution in [2.45, 2.75) is 298 Å². The molecule has 0 radical (unpaired) electrons. The molecule has 0 heterocycles. The molecule has 2 N–H and O–H groups in total. The first-order valence-corrected chi connectivity index (χ1v) is 27.8. The second-order valence-electron chi connectivity index (χ2n) is 20.1. The molecule has 0 aromatic heterocycles. The lowest BCUT2D eigenvalue weighted by atomic mass is 9.91. The molecule has 1 aliphatic rings. The second-order valence-corrected chi connectivity index (χ2v) is 20.1. The number of aliphatic carboxylic acids is 2. The molecule has 4 heteroatoms. The van der Waals surface area contributed by atoms with Gasteiger partial charge in [0, 0.05) is 12.8 Å². The topological polar surface area (TPSA) is 74.6 Å². The lowest BCUT2D eigenvalue weighted by Gasteiger charge is -2.15. The maximum Gasteiger partial charge on any atom is 0.303 e. The molecule has 4 nitrogen and oxygen atoms in total. The Morgan fingerprint density at radius 1 is 0.516 bits per heavy atom. The highest BCUT2D eigenvalue weighted by atomic mass is 16.4. The van der Waals surface area contributed by atoms with Crippen molar-refractivity contribution in [3.05, 3.63) is 35.9 Å². The van der Waals surface area contributed by atoms with Crippen LogP contribution in [0.25, 0.3) is 0 Å². The maximum atomic E-state index is 10.1. The van der Waals surface area contributed by atoms with E-state index in [1.807, 2.05) is 13.0 Å². The fourth-order valence-electron chi connectivity index (χ4n) is 7.12. The van der Waals surface area contributed by atoms with Crippen molar-refractivity contribution in [2.24, 2.45) is 41.4 Å². The molecule has 1 aliphatic carbocycles. The van der Waals surface area contributed by atoms with Crippen LogP contribution < -0.4 is 0 Å². The van der Waals surface area contributed by atoms with E-state index in [9.17, 15) is 9.59 Å². The van der Waals surface area contributed by atoms with E-state index in [1.54, 1.807) is 0 Å². The van der Waals surface area contributed by atoms with E-state index in [4.69, 9.17) is 10.2 Å². The van der Waals surface area contributed by atoms with Gasteiger partial charge in [0.25, 0.3) is 0 Å². The van der Waals surface area contributed by atoms with Crippen molar-refractivity contribution in [3.63, 3.8) is 0 Å². The first-order valence-electron chi connectivity index (χ1n) is 27.8. The molecule has 386 valence electrons. The first kappa shape index (κ1) is 73.7. The molecule has 0 saturated heterocycles. The number of hydrogen-bond donors (Lipinski definition) is 2. The summed E-state index contributed by atoms with van der Waals surface area (Å²) in [6, 6.07) is 10.5. The van der Waals surface area contributed by atoms with Crippen LogP contribution in [0.1, 0.15) is 297 Å². The number of carboxylic acid groups (broad SMARTS) is 2. The Balaban J connectivity index is -0.000000153. The number of aryl methyl sites for hydroxylation is 1. The average Bonchev–Trinajstić information content (AvgIpc) is 3.26. The predicted molar refractivity (Wildman–Crippen MR) is 292 cm³/mol. The SMILES string of the molecule is CC(C)CC(C)CC(C)C.CC(CCC(=O)O)CCC(=O)O.CC1CCCCC1.CCC.CCC(C)CC.CCCCC(CC)CC.CCCCCCCCC.CCc1ccccc1. The average molecular weight is 908 g/mol. The van der Waals surface area contributed by atoms with Crippen LogP contribution in [0.15, 0.2) is 30.3 Å². The van der Waals surface area contributed by atoms with Crippen molar-refractivity contribution < 1.29 is 19.8 Å². The van der Waals surface area contributed by atoms with E-state index < -0.39 is 11.9 Å². The van der Waals surface area contributed by atoms with Crippen molar-refractivity contribution in [2.75, 3.05) is 0 Å². The molecule has 0 aliphatic heterocycles. The van der Waals surface area contributed by atoms with Gasteiger partial charge in [-0.25, -0.2) is 0 Å². The van der Waals surface area contributed by atoms with Gasteiger partial charge in [-0.3, -0.25) is 9.59 Å². The summed E-state index contributed by atoms with van der Waals surface area (Å²) >= 11 is 0. The standard InChI is InChI=1S/C10H22.2C9H20.C8H14O4.C8H10.C7H14.C6H14.C3H8/c1-8(2)6-10(5)7-9(3)4;1-4-7-8-9(5-2)6-3;1-3-5-7-9-8-6-4-2;1-6(2-4-7(9)10)3-5-8(11)12;1-2-8-6-4-3-5-7-8;1-7-5-3-2-4-6-7;1-4-6(3)5-2;1-3-2/h8-10H,6-7H2,1-5H3;9H,4-8H2,1-3H3;3-9H2,1-2H3;6H,2-5H2,1H3,(H,9,10)(H,11,12);3-7H,2H2,1H3;7H,2-6H2,1H3;6H,4-5H2,1-3H3;3H2,1-2H3. The van der Waals surface area contributed by atoms with Crippen LogP contribution in [-0.2, 0) is 16.0 Å². The predicted octanol–water partition coefficient (Wildman–Crippen LogP) is 21.1. The van der Waals surface area contributed by atoms with E-state index in [2.05, 4.69) is 142 Å². The van der Waals surface area contributed by atoms with E-state index in [0.29, 0.717) is 12.8 Å². The minimum absolute atomic E-state index is 0.126. The number of rotatable bonds is 24. The molecule has 1 aromatic carbocycles. The van der Waals surface area contributed by atoms with Crippen LogP contribution in [0, 0.1) is 41.4 Å². The summed E-state index contributed by atoms with van der Waals surface area (Å²) in [4.78, 5) is 20.3. The van der Waals surface area contributed by atoms with Gasteiger partial charge in [-0.1, -0.05) is 283 Å². The second kappa shape index (κ2) is 61.2. The third-order valence-electron chi connectivity index (χ3n) is 11.8. The van der Waals surface area contributed by atoms with Crippen LogP contribution >= 0.6 is 0 Å². The fraction of sp³-hybridized carbons (Fsp3) is 0.867. The van der Waals surface area contributed by atoms with E-state index in [0.717, 1.165) is 41.9 Å². The number of carboxylic acids is 2. The highest BCUT2D eigenvalue weighted by molar-refractivity contribution is 5.67. The lowest BCUT2D eigenvalue weighted by molar-refractivity contribution is -0.137. The molecule has 1 aromatic rings. The third-order valence-corrected chi connectivity index (χ3v) is 11.8. The Bertz CT molecular complexity index is 925.